The van der Waals surface area contributed by atoms with Crippen molar-refractivity contribution in [1.82, 2.24) is 4.31 Å². The van der Waals surface area contributed by atoms with Gasteiger partial charge in [0.25, 0.3) is 5.91 Å². The number of carbonyl (C=O) groups is 1. The fourth-order valence-corrected chi connectivity index (χ4v) is 5.30. The summed E-state index contributed by atoms with van der Waals surface area (Å²) in [7, 11) is -3.69. The Morgan fingerprint density at radius 1 is 1.09 bits per heavy atom. The molecule has 1 aliphatic rings. The summed E-state index contributed by atoms with van der Waals surface area (Å²) >= 11 is 0. The lowest BCUT2D eigenvalue weighted by Gasteiger charge is -2.26. The van der Waals surface area contributed by atoms with Gasteiger partial charge >= 0.3 is 0 Å². The van der Waals surface area contributed by atoms with Gasteiger partial charge in [0.1, 0.15) is 17.3 Å². The molecule has 1 N–H and O–H groups in total. The number of hydrogen-bond donors (Lipinski definition) is 1. The number of rotatable bonds is 7. The summed E-state index contributed by atoms with van der Waals surface area (Å²) < 4.78 is 52.8. The second kappa shape index (κ2) is 9.76. The highest BCUT2D eigenvalue weighted by Crippen LogP contribution is 2.31. The Hall–Kier alpha value is -3.17. The van der Waals surface area contributed by atoms with E-state index in [0.29, 0.717) is 25.4 Å². The van der Waals surface area contributed by atoms with Gasteiger partial charge in [-0.05, 0) is 62.2 Å². The topological polar surface area (TPSA) is 88.9 Å². The van der Waals surface area contributed by atoms with Crippen molar-refractivity contribution in [2.45, 2.75) is 31.1 Å². The lowest BCUT2D eigenvalue weighted by molar-refractivity contribution is 0.0997. The van der Waals surface area contributed by atoms with Crippen LogP contribution in [0.1, 0.15) is 36.7 Å². The predicted octanol–water partition coefficient (Wildman–Crippen LogP) is 4.91. The molecule has 2 heterocycles. The van der Waals surface area contributed by atoms with Crippen molar-refractivity contribution in [2.24, 2.45) is 0 Å². The van der Waals surface area contributed by atoms with Crippen LogP contribution in [-0.4, -0.2) is 38.3 Å². The first-order valence-electron chi connectivity index (χ1n) is 10.8. The second-order valence-corrected chi connectivity index (χ2v) is 9.59. The van der Waals surface area contributed by atoms with Crippen LogP contribution in [0.15, 0.2) is 63.9 Å². The van der Waals surface area contributed by atoms with Crippen molar-refractivity contribution >= 4 is 21.6 Å². The molecule has 1 aliphatic heterocycles. The first-order chi connectivity index (χ1) is 15.9. The van der Waals surface area contributed by atoms with Gasteiger partial charge in [0.15, 0.2) is 5.76 Å². The van der Waals surface area contributed by atoms with Gasteiger partial charge in [-0.1, -0.05) is 18.6 Å². The van der Waals surface area contributed by atoms with E-state index in [1.54, 1.807) is 25.1 Å². The quantitative estimate of drug-likeness (QED) is 0.528. The first kappa shape index (κ1) is 23.0. The zero-order valence-corrected chi connectivity index (χ0v) is 19.0. The van der Waals surface area contributed by atoms with Crippen LogP contribution in [0.5, 0.6) is 5.75 Å². The molecule has 1 saturated heterocycles. The Bertz CT molecular complexity index is 1250. The van der Waals surface area contributed by atoms with Crippen LogP contribution in [0.2, 0.25) is 0 Å². The van der Waals surface area contributed by atoms with Gasteiger partial charge in [0.05, 0.1) is 22.8 Å². The number of furan rings is 1. The Labute approximate surface area is 192 Å². The molecule has 1 fully saturated rings. The summed E-state index contributed by atoms with van der Waals surface area (Å²) in [5.74, 6) is -0.562. The number of ether oxygens (including phenoxy) is 1. The average Bonchev–Trinajstić information content (AvgIpc) is 3.31. The highest BCUT2D eigenvalue weighted by Gasteiger charge is 2.27. The maximum absolute atomic E-state index is 14.0. The van der Waals surface area contributed by atoms with Crippen molar-refractivity contribution in [3.8, 4) is 17.1 Å². The van der Waals surface area contributed by atoms with Crippen LogP contribution in [0.4, 0.5) is 10.1 Å². The Balaban J connectivity index is 1.61. The number of benzene rings is 2. The Kier molecular flexibility index (Phi) is 6.80. The standard InChI is InChI=1S/C24H25FN2O5S/c1-2-31-22-11-10-17(33(29,30)27-14-6-3-7-15-27)16-20(22)26-24(28)23-13-12-21(32-23)18-8-4-5-9-19(18)25/h4-5,8-13,16H,2-3,6-7,14-15H2,1H3,(H,26,28). The fraction of sp³-hybridized carbons (Fsp3) is 0.292. The van der Waals surface area contributed by atoms with E-state index < -0.39 is 21.7 Å². The highest BCUT2D eigenvalue weighted by atomic mass is 32.2. The van der Waals surface area contributed by atoms with Gasteiger partial charge in [0.2, 0.25) is 10.0 Å². The molecule has 4 rings (SSSR count). The SMILES string of the molecule is CCOc1ccc(S(=O)(=O)N2CCCCC2)cc1NC(=O)c1ccc(-c2ccccc2F)o1. The maximum Gasteiger partial charge on any atom is 0.291 e. The zero-order valence-electron chi connectivity index (χ0n) is 18.2. The summed E-state index contributed by atoms with van der Waals surface area (Å²) in [5, 5.41) is 2.67. The first-order valence-corrected chi connectivity index (χ1v) is 12.3. The number of nitrogens with one attached hydrogen (secondary N) is 1. The molecule has 1 amide bonds. The third kappa shape index (κ3) is 4.94. The van der Waals surface area contributed by atoms with Crippen molar-refractivity contribution in [2.75, 3.05) is 25.0 Å². The van der Waals surface area contributed by atoms with E-state index in [1.807, 2.05) is 0 Å². The molecule has 2 aromatic carbocycles. The van der Waals surface area contributed by atoms with Gasteiger partial charge < -0.3 is 14.5 Å². The van der Waals surface area contributed by atoms with E-state index in [4.69, 9.17) is 9.15 Å². The minimum absolute atomic E-state index is 0.0417. The number of nitrogens with zero attached hydrogens (tertiary/aromatic N) is 1. The van der Waals surface area contributed by atoms with Crippen LogP contribution in [0.25, 0.3) is 11.3 Å². The monoisotopic (exact) mass is 472 g/mol. The minimum atomic E-state index is -3.69. The van der Waals surface area contributed by atoms with Crippen LogP contribution >= 0.6 is 0 Å². The van der Waals surface area contributed by atoms with E-state index in [-0.39, 0.29) is 27.7 Å². The summed E-state index contributed by atoms with van der Waals surface area (Å²) in [6, 6.07) is 13.4. The number of hydrogen-bond acceptors (Lipinski definition) is 5. The summed E-state index contributed by atoms with van der Waals surface area (Å²) in [5.41, 5.74) is 0.449. The van der Waals surface area contributed by atoms with Gasteiger partial charge in [-0.15, -0.1) is 0 Å². The van der Waals surface area contributed by atoms with Gasteiger partial charge in [-0.25, -0.2) is 12.8 Å². The molecule has 0 atom stereocenters. The number of amides is 1. The van der Waals surface area contributed by atoms with E-state index >= 15 is 0 Å². The van der Waals surface area contributed by atoms with E-state index in [0.717, 1.165) is 19.3 Å². The molecule has 174 valence electrons. The summed E-state index contributed by atoms with van der Waals surface area (Å²) in [6.07, 6.45) is 2.65. The summed E-state index contributed by atoms with van der Waals surface area (Å²) in [6.45, 7) is 3.07. The molecule has 0 aliphatic carbocycles. The van der Waals surface area contributed by atoms with Crippen molar-refractivity contribution < 1.29 is 26.8 Å². The largest absolute Gasteiger partial charge is 0.492 e. The lowest BCUT2D eigenvalue weighted by atomic mass is 10.1. The van der Waals surface area contributed by atoms with Crippen molar-refractivity contribution in [3.05, 3.63) is 66.2 Å². The van der Waals surface area contributed by atoms with E-state index in [2.05, 4.69) is 5.32 Å². The van der Waals surface area contributed by atoms with Crippen molar-refractivity contribution in [1.29, 1.82) is 0 Å². The highest BCUT2D eigenvalue weighted by molar-refractivity contribution is 7.89. The number of carbonyl (C=O) groups excluding carboxylic acids is 1. The zero-order chi connectivity index (χ0) is 23.4. The molecule has 33 heavy (non-hydrogen) atoms. The van der Waals surface area contributed by atoms with E-state index in [9.17, 15) is 17.6 Å². The maximum atomic E-state index is 14.0. The molecule has 9 heteroatoms. The molecular formula is C24H25FN2O5S. The molecule has 0 radical (unpaired) electrons. The predicted molar refractivity (Wildman–Crippen MR) is 122 cm³/mol. The fourth-order valence-electron chi connectivity index (χ4n) is 3.75. The number of piperidine rings is 1. The van der Waals surface area contributed by atoms with Crippen LogP contribution in [0.3, 0.4) is 0 Å². The Morgan fingerprint density at radius 2 is 1.85 bits per heavy atom. The minimum Gasteiger partial charge on any atom is -0.492 e. The molecule has 0 spiro atoms. The van der Waals surface area contributed by atoms with Gasteiger partial charge in [-0.2, -0.15) is 4.31 Å². The molecule has 1 aromatic heterocycles. The van der Waals surface area contributed by atoms with E-state index in [1.165, 1.54) is 40.7 Å². The van der Waals surface area contributed by atoms with Crippen LogP contribution in [-0.2, 0) is 10.0 Å². The van der Waals surface area contributed by atoms with Gasteiger partial charge in [0, 0.05) is 13.1 Å². The smallest absolute Gasteiger partial charge is 0.291 e. The molecule has 7 nitrogen and oxygen atoms in total. The molecule has 0 bridgehead atoms. The summed E-state index contributed by atoms with van der Waals surface area (Å²) in [4.78, 5) is 12.9. The molecule has 3 aromatic rings. The average molecular weight is 473 g/mol. The number of anilines is 1. The third-order valence-electron chi connectivity index (χ3n) is 5.42. The van der Waals surface area contributed by atoms with Gasteiger partial charge in [-0.3, -0.25) is 4.79 Å². The molecular weight excluding hydrogens is 447 g/mol. The number of halogens is 1. The number of sulfonamides is 1. The third-order valence-corrected chi connectivity index (χ3v) is 7.32. The van der Waals surface area contributed by atoms with Crippen LogP contribution in [0, 0.1) is 5.82 Å². The molecule has 0 saturated carbocycles. The molecule has 0 unspecified atom stereocenters. The normalized spacial score (nSPS) is 14.7. The van der Waals surface area contributed by atoms with Crippen LogP contribution < -0.4 is 10.1 Å². The second-order valence-electron chi connectivity index (χ2n) is 7.65. The van der Waals surface area contributed by atoms with Crippen molar-refractivity contribution in [3.63, 3.8) is 0 Å². The Morgan fingerprint density at radius 3 is 2.58 bits per heavy atom. The lowest BCUT2D eigenvalue weighted by Crippen LogP contribution is -2.35.